The zero-order valence-electron chi connectivity index (χ0n) is 15.9. The molecule has 0 spiro atoms. The first-order valence-electron chi connectivity index (χ1n) is 9.42. The van der Waals surface area contributed by atoms with Crippen molar-refractivity contribution in [3.63, 3.8) is 0 Å². The quantitative estimate of drug-likeness (QED) is 0.693. The van der Waals surface area contributed by atoms with Crippen molar-refractivity contribution in [3.8, 4) is 10.8 Å². The van der Waals surface area contributed by atoms with Gasteiger partial charge in [-0.2, -0.15) is 0 Å². The van der Waals surface area contributed by atoms with Gasteiger partial charge in [0.1, 0.15) is 11.8 Å². The van der Waals surface area contributed by atoms with Crippen molar-refractivity contribution in [3.05, 3.63) is 64.9 Å². The van der Waals surface area contributed by atoms with Crippen LogP contribution in [0.5, 0.6) is 0 Å². The Morgan fingerprint density at radius 2 is 1.93 bits per heavy atom. The number of carbonyl (C=O) groups excluding carboxylic acids is 1. The lowest BCUT2D eigenvalue weighted by Gasteiger charge is -2.38. The third-order valence-corrected chi connectivity index (χ3v) is 6.04. The molecule has 0 radical (unpaired) electrons. The number of hydrogen-bond acceptors (Lipinski definition) is 6. The van der Waals surface area contributed by atoms with Gasteiger partial charge in [0.15, 0.2) is 10.8 Å². The second kappa shape index (κ2) is 8.26. The molecule has 0 aliphatic carbocycles. The molecule has 2 N–H and O–H groups in total. The number of aromatic nitrogens is 1. The summed E-state index contributed by atoms with van der Waals surface area (Å²) in [5.74, 6) is 1.43. The van der Waals surface area contributed by atoms with Crippen molar-refractivity contribution < 1.29 is 9.21 Å². The molecule has 6 nitrogen and oxygen atoms in total. The Kier molecular flexibility index (Phi) is 5.57. The average Bonchev–Trinajstić information content (AvgIpc) is 3.33. The van der Waals surface area contributed by atoms with Gasteiger partial charge in [0, 0.05) is 43.8 Å². The van der Waals surface area contributed by atoms with Gasteiger partial charge in [0.05, 0.1) is 0 Å². The van der Waals surface area contributed by atoms with Crippen LogP contribution in [0.1, 0.15) is 22.2 Å². The maximum Gasteiger partial charge on any atom is 0.239 e. The van der Waals surface area contributed by atoms with Crippen LogP contribution < -0.4 is 5.73 Å². The largest absolute Gasteiger partial charge is 0.459 e. The highest BCUT2D eigenvalue weighted by molar-refractivity contribution is 7.14. The van der Waals surface area contributed by atoms with Crippen molar-refractivity contribution in [2.45, 2.75) is 19.5 Å². The third-order valence-electron chi connectivity index (χ3n) is 5.04. The van der Waals surface area contributed by atoms with E-state index in [1.165, 1.54) is 4.88 Å². The van der Waals surface area contributed by atoms with E-state index >= 15 is 0 Å². The van der Waals surface area contributed by atoms with E-state index in [1.54, 1.807) is 11.3 Å². The Balaban J connectivity index is 1.36. The number of rotatable bonds is 6. The number of nitrogens with zero attached hydrogens (tertiary/aromatic N) is 3. The summed E-state index contributed by atoms with van der Waals surface area (Å²) < 4.78 is 5.66. The SMILES string of the molecule is Cc1ccc(-c2ncc(CN3CCN(C(C(N)=O)c4ccccc4)CC3)s2)o1. The first kappa shape index (κ1) is 18.9. The number of furan rings is 1. The van der Waals surface area contributed by atoms with E-state index in [0.717, 1.165) is 54.8 Å². The highest BCUT2D eigenvalue weighted by atomic mass is 32.1. The molecule has 3 heterocycles. The topological polar surface area (TPSA) is 75.6 Å². The van der Waals surface area contributed by atoms with E-state index in [9.17, 15) is 4.79 Å². The predicted molar refractivity (Wildman–Crippen MR) is 110 cm³/mol. The van der Waals surface area contributed by atoms with Crippen LogP contribution in [0.3, 0.4) is 0 Å². The molecule has 146 valence electrons. The number of aryl methyl sites for hydroxylation is 1. The predicted octanol–water partition coefficient (Wildman–Crippen LogP) is 3.06. The molecular weight excluding hydrogens is 372 g/mol. The molecule has 1 aromatic carbocycles. The summed E-state index contributed by atoms with van der Waals surface area (Å²) in [5, 5.41) is 0.916. The number of hydrogen-bond donors (Lipinski definition) is 1. The first-order chi connectivity index (χ1) is 13.6. The summed E-state index contributed by atoms with van der Waals surface area (Å²) in [4.78, 5) is 22.3. The van der Waals surface area contributed by atoms with Crippen LogP contribution in [0.2, 0.25) is 0 Å². The van der Waals surface area contributed by atoms with Crippen LogP contribution in [0, 0.1) is 6.92 Å². The van der Waals surface area contributed by atoms with Gasteiger partial charge in [0.2, 0.25) is 5.91 Å². The lowest BCUT2D eigenvalue weighted by atomic mass is 10.0. The monoisotopic (exact) mass is 396 g/mol. The number of thiazole rings is 1. The van der Waals surface area contributed by atoms with Gasteiger partial charge < -0.3 is 10.2 Å². The van der Waals surface area contributed by atoms with E-state index < -0.39 is 0 Å². The summed E-state index contributed by atoms with van der Waals surface area (Å²) in [7, 11) is 0. The Hall–Kier alpha value is -2.48. The highest BCUT2D eigenvalue weighted by Gasteiger charge is 2.29. The maximum atomic E-state index is 12.1. The van der Waals surface area contributed by atoms with Crippen LogP contribution in [-0.2, 0) is 11.3 Å². The fraction of sp³-hybridized carbons (Fsp3) is 0.333. The molecule has 1 aliphatic heterocycles. The normalized spacial score (nSPS) is 16.9. The van der Waals surface area contributed by atoms with Crippen molar-refractivity contribution in [2.75, 3.05) is 26.2 Å². The van der Waals surface area contributed by atoms with E-state index in [2.05, 4.69) is 14.8 Å². The standard InChI is InChI=1S/C21H24N4O2S/c1-15-7-8-18(27-15)21-23-13-17(28-21)14-24-9-11-25(12-10-24)19(20(22)26)16-5-3-2-4-6-16/h2-8,13,19H,9-12,14H2,1H3,(H2,22,26). The molecule has 1 atom stereocenters. The van der Waals surface area contributed by atoms with Crippen molar-refractivity contribution in [2.24, 2.45) is 5.73 Å². The third kappa shape index (κ3) is 4.16. The number of amides is 1. The molecule has 3 aromatic rings. The molecule has 0 saturated carbocycles. The molecule has 7 heteroatoms. The van der Waals surface area contributed by atoms with E-state index in [4.69, 9.17) is 10.2 Å². The van der Waals surface area contributed by atoms with Gasteiger partial charge in [-0.05, 0) is 24.6 Å². The summed E-state index contributed by atoms with van der Waals surface area (Å²) in [6.45, 7) is 6.20. The van der Waals surface area contributed by atoms with Crippen LogP contribution >= 0.6 is 11.3 Å². The number of carbonyl (C=O) groups is 1. The molecule has 4 rings (SSSR count). The highest BCUT2D eigenvalue weighted by Crippen LogP contribution is 2.28. The first-order valence-corrected chi connectivity index (χ1v) is 10.2. The van der Waals surface area contributed by atoms with Crippen LogP contribution in [0.4, 0.5) is 0 Å². The van der Waals surface area contributed by atoms with Gasteiger partial charge in [-0.1, -0.05) is 30.3 Å². The minimum Gasteiger partial charge on any atom is -0.459 e. The fourth-order valence-electron chi connectivity index (χ4n) is 3.63. The lowest BCUT2D eigenvalue weighted by molar-refractivity contribution is -0.124. The van der Waals surface area contributed by atoms with Gasteiger partial charge in [-0.3, -0.25) is 14.6 Å². The fourth-order valence-corrected chi connectivity index (χ4v) is 4.55. The second-order valence-corrected chi connectivity index (χ2v) is 8.18. The Morgan fingerprint density at radius 1 is 1.18 bits per heavy atom. The molecule has 1 saturated heterocycles. The van der Waals surface area contributed by atoms with Gasteiger partial charge in [-0.25, -0.2) is 4.98 Å². The van der Waals surface area contributed by atoms with E-state index in [0.29, 0.717) is 0 Å². The second-order valence-electron chi connectivity index (χ2n) is 7.07. The van der Waals surface area contributed by atoms with Crippen molar-refractivity contribution in [1.29, 1.82) is 0 Å². The molecule has 2 aromatic heterocycles. The molecule has 1 unspecified atom stereocenters. The van der Waals surface area contributed by atoms with Crippen LogP contribution in [-0.4, -0.2) is 46.9 Å². The van der Waals surface area contributed by atoms with E-state index in [-0.39, 0.29) is 11.9 Å². The molecule has 1 amide bonds. The van der Waals surface area contributed by atoms with Crippen molar-refractivity contribution in [1.82, 2.24) is 14.8 Å². The van der Waals surface area contributed by atoms with Gasteiger partial charge in [0.25, 0.3) is 0 Å². The lowest BCUT2D eigenvalue weighted by Crippen LogP contribution is -2.49. The molecule has 1 aliphatic rings. The van der Waals surface area contributed by atoms with E-state index in [1.807, 2.05) is 55.6 Å². The minimum atomic E-state index is -0.361. The Labute approximate surface area is 168 Å². The number of benzene rings is 1. The minimum absolute atomic E-state index is 0.291. The Bertz CT molecular complexity index is 929. The molecule has 0 bridgehead atoms. The summed E-state index contributed by atoms with van der Waals surface area (Å²) in [6.07, 6.45) is 1.93. The van der Waals surface area contributed by atoms with Crippen LogP contribution in [0.25, 0.3) is 10.8 Å². The van der Waals surface area contributed by atoms with Crippen molar-refractivity contribution >= 4 is 17.2 Å². The Morgan fingerprint density at radius 3 is 2.57 bits per heavy atom. The number of nitrogens with two attached hydrogens (primary N) is 1. The van der Waals surface area contributed by atoms with Gasteiger partial charge >= 0.3 is 0 Å². The molecule has 28 heavy (non-hydrogen) atoms. The summed E-state index contributed by atoms with van der Waals surface area (Å²) in [6, 6.07) is 13.3. The number of primary amides is 1. The summed E-state index contributed by atoms with van der Waals surface area (Å²) >= 11 is 1.67. The smallest absolute Gasteiger partial charge is 0.239 e. The molecule has 1 fully saturated rings. The zero-order valence-corrected chi connectivity index (χ0v) is 16.7. The average molecular weight is 397 g/mol. The van der Waals surface area contributed by atoms with Crippen LogP contribution in [0.15, 0.2) is 53.1 Å². The number of piperazine rings is 1. The molecular formula is C21H24N4O2S. The summed E-state index contributed by atoms with van der Waals surface area (Å²) in [5.41, 5.74) is 6.67. The zero-order chi connectivity index (χ0) is 19.5. The van der Waals surface area contributed by atoms with Gasteiger partial charge in [-0.15, -0.1) is 11.3 Å². The maximum absolute atomic E-state index is 12.1.